The summed E-state index contributed by atoms with van der Waals surface area (Å²) in [5.74, 6) is -0.398. The summed E-state index contributed by atoms with van der Waals surface area (Å²) in [6.45, 7) is 0.701. The molecule has 130 valence electrons. The van der Waals surface area contributed by atoms with Gasteiger partial charge >= 0.3 is 0 Å². The first kappa shape index (κ1) is 17.2. The molecule has 3 rings (SSSR count). The SMILES string of the molecule is CS(=O)(=O)c1ccccc1C(=O)Nc1ccc(N2CCCC2=O)cc1. The molecule has 0 bridgehead atoms. The van der Waals surface area contributed by atoms with Gasteiger partial charge in [-0.3, -0.25) is 9.59 Å². The summed E-state index contributed by atoms with van der Waals surface area (Å²) in [6, 6.07) is 13.0. The van der Waals surface area contributed by atoms with Crippen molar-refractivity contribution in [1.82, 2.24) is 0 Å². The minimum absolute atomic E-state index is 0.00761. The normalized spacial score (nSPS) is 14.6. The second kappa shape index (κ2) is 6.68. The lowest BCUT2D eigenvalue weighted by Crippen LogP contribution is -2.23. The van der Waals surface area contributed by atoms with Crippen LogP contribution in [0.4, 0.5) is 11.4 Å². The Bertz CT molecular complexity index is 920. The third-order valence-corrected chi connectivity index (χ3v) is 5.20. The standard InChI is InChI=1S/C18H18N2O4S/c1-25(23,24)16-6-3-2-5-15(16)18(22)19-13-8-10-14(11-9-13)20-12-4-7-17(20)21/h2-3,5-6,8-11H,4,7,12H2,1H3,(H,19,22). The molecule has 7 heteroatoms. The number of hydrogen-bond acceptors (Lipinski definition) is 4. The Morgan fingerprint density at radius 2 is 1.76 bits per heavy atom. The zero-order valence-electron chi connectivity index (χ0n) is 13.7. The summed E-state index contributed by atoms with van der Waals surface area (Å²) in [7, 11) is -3.50. The van der Waals surface area contributed by atoms with Gasteiger partial charge in [0, 0.05) is 30.6 Å². The van der Waals surface area contributed by atoms with Gasteiger partial charge in [0.15, 0.2) is 9.84 Å². The molecule has 0 spiro atoms. The van der Waals surface area contributed by atoms with Crippen LogP contribution in [0.1, 0.15) is 23.2 Å². The van der Waals surface area contributed by atoms with E-state index in [1.54, 1.807) is 41.3 Å². The first-order chi connectivity index (χ1) is 11.9. The number of carbonyl (C=O) groups excluding carboxylic acids is 2. The summed E-state index contributed by atoms with van der Waals surface area (Å²) >= 11 is 0. The Balaban J connectivity index is 1.79. The van der Waals surface area contributed by atoms with Crippen LogP contribution in [0.15, 0.2) is 53.4 Å². The van der Waals surface area contributed by atoms with Gasteiger partial charge in [-0.1, -0.05) is 12.1 Å². The number of nitrogens with one attached hydrogen (secondary N) is 1. The maximum atomic E-state index is 12.4. The number of anilines is 2. The van der Waals surface area contributed by atoms with E-state index in [4.69, 9.17) is 0 Å². The van der Waals surface area contributed by atoms with Gasteiger partial charge in [0.25, 0.3) is 5.91 Å². The number of rotatable bonds is 4. The number of nitrogens with zero attached hydrogens (tertiary/aromatic N) is 1. The van der Waals surface area contributed by atoms with E-state index in [0.717, 1.165) is 18.4 Å². The van der Waals surface area contributed by atoms with Gasteiger partial charge in [-0.05, 0) is 42.8 Å². The van der Waals surface area contributed by atoms with Crippen LogP contribution >= 0.6 is 0 Å². The van der Waals surface area contributed by atoms with Crippen LogP contribution in [0.25, 0.3) is 0 Å². The highest BCUT2D eigenvalue weighted by molar-refractivity contribution is 7.90. The van der Waals surface area contributed by atoms with Gasteiger partial charge in [-0.25, -0.2) is 8.42 Å². The maximum Gasteiger partial charge on any atom is 0.256 e. The highest BCUT2D eigenvalue weighted by atomic mass is 32.2. The zero-order chi connectivity index (χ0) is 18.0. The summed E-state index contributed by atoms with van der Waals surface area (Å²) in [6.07, 6.45) is 2.47. The number of amides is 2. The van der Waals surface area contributed by atoms with Crippen molar-refractivity contribution in [3.63, 3.8) is 0 Å². The van der Waals surface area contributed by atoms with Crippen molar-refractivity contribution in [1.29, 1.82) is 0 Å². The Morgan fingerprint density at radius 1 is 1.08 bits per heavy atom. The Labute approximate surface area is 146 Å². The minimum Gasteiger partial charge on any atom is -0.322 e. The zero-order valence-corrected chi connectivity index (χ0v) is 14.5. The quantitative estimate of drug-likeness (QED) is 0.910. The average molecular weight is 358 g/mol. The predicted molar refractivity (Wildman–Crippen MR) is 95.5 cm³/mol. The molecule has 0 atom stereocenters. The van der Waals surface area contributed by atoms with Crippen molar-refractivity contribution in [2.75, 3.05) is 23.0 Å². The Hall–Kier alpha value is -2.67. The van der Waals surface area contributed by atoms with Crippen molar-refractivity contribution < 1.29 is 18.0 Å². The Morgan fingerprint density at radius 3 is 2.36 bits per heavy atom. The molecule has 0 saturated carbocycles. The molecule has 0 unspecified atom stereocenters. The molecule has 1 N–H and O–H groups in total. The van der Waals surface area contributed by atoms with E-state index in [9.17, 15) is 18.0 Å². The molecule has 0 radical (unpaired) electrons. The van der Waals surface area contributed by atoms with Crippen LogP contribution in [0.5, 0.6) is 0 Å². The molecule has 2 amide bonds. The summed E-state index contributed by atoms with van der Waals surface area (Å²) in [5, 5.41) is 2.69. The van der Waals surface area contributed by atoms with Crippen LogP contribution in [0.3, 0.4) is 0 Å². The lowest BCUT2D eigenvalue weighted by Gasteiger charge is -2.16. The lowest BCUT2D eigenvalue weighted by molar-refractivity contribution is -0.117. The predicted octanol–water partition coefficient (Wildman–Crippen LogP) is 2.47. The Kier molecular flexibility index (Phi) is 4.59. The number of hydrogen-bond donors (Lipinski definition) is 1. The first-order valence-corrected chi connectivity index (χ1v) is 9.76. The van der Waals surface area contributed by atoms with E-state index >= 15 is 0 Å². The number of sulfone groups is 1. The summed E-state index contributed by atoms with van der Waals surface area (Å²) < 4.78 is 23.6. The van der Waals surface area contributed by atoms with E-state index in [1.165, 1.54) is 12.1 Å². The fourth-order valence-electron chi connectivity index (χ4n) is 2.82. The molecular weight excluding hydrogens is 340 g/mol. The molecule has 1 heterocycles. The largest absolute Gasteiger partial charge is 0.322 e. The van der Waals surface area contributed by atoms with E-state index < -0.39 is 15.7 Å². The molecule has 2 aromatic rings. The van der Waals surface area contributed by atoms with Gasteiger partial charge in [0.05, 0.1) is 10.5 Å². The van der Waals surface area contributed by atoms with Gasteiger partial charge in [0.2, 0.25) is 5.91 Å². The summed E-state index contributed by atoms with van der Waals surface area (Å²) in [5.41, 5.74) is 1.42. The van der Waals surface area contributed by atoms with Gasteiger partial charge < -0.3 is 10.2 Å². The van der Waals surface area contributed by atoms with Crippen LogP contribution < -0.4 is 10.2 Å². The smallest absolute Gasteiger partial charge is 0.256 e. The van der Waals surface area contributed by atoms with E-state index in [0.29, 0.717) is 18.7 Å². The van der Waals surface area contributed by atoms with Gasteiger partial charge in [-0.2, -0.15) is 0 Å². The van der Waals surface area contributed by atoms with E-state index in [1.807, 2.05) is 0 Å². The molecule has 25 heavy (non-hydrogen) atoms. The average Bonchev–Trinajstić information content (AvgIpc) is 3.01. The molecule has 1 aliphatic heterocycles. The fourth-order valence-corrected chi connectivity index (χ4v) is 3.71. The third kappa shape index (κ3) is 3.71. The number of benzene rings is 2. The molecule has 0 aromatic heterocycles. The summed E-state index contributed by atoms with van der Waals surface area (Å²) in [4.78, 5) is 25.9. The second-order valence-electron chi connectivity index (χ2n) is 5.92. The van der Waals surface area contributed by atoms with E-state index in [-0.39, 0.29) is 16.4 Å². The first-order valence-electron chi connectivity index (χ1n) is 7.87. The number of carbonyl (C=O) groups is 2. The molecule has 1 aliphatic rings. The van der Waals surface area contributed by atoms with Crippen molar-refractivity contribution in [3.8, 4) is 0 Å². The van der Waals surface area contributed by atoms with Crippen LogP contribution in [-0.4, -0.2) is 33.0 Å². The monoisotopic (exact) mass is 358 g/mol. The molecule has 1 fully saturated rings. The fraction of sp³-hybridized carbons (Fsp3) is 0.222. The van der Waals surface area contributed by atoms with Crippen molar-refractivity contribution in [2.24, 2.45) is 0 Å². The lowest BCUT2D eigenvalue weighted by atomic mass is 10.2. The molecule has 2 aromatic carbocycles. The third-order valence-electron chi connectivity index (χ3n) is 4.04. The van der Waals surface area contributed by atoms with Gasteiger partial charge in [-0.15, -0.1) is 0 Å². The highest BCUT2D eigenvalue weighted by Gasteiger charge is 2.22. The van der Waals surface area contributed by atoms with Gasteiger partial charge in [0.1, 0.15) is 0 Å². The second-order valence-corrected chi connectivity index (χ2v) is 7.90. The molecule has 6 nitrogen and oxygen atoms in total. The molecule has 0 aliphatic carbocycles. The van der Waals surface area contributed by atoms with Crippen LogP contribution in [0, 0.1) is 0 Å². The maximum absolute atomic E-state index is 12.4. The molecule has 1 saturated heterocycles. The molecular formula is C18H18N2O4S. The minimum atomic E-state index is -3.50. The van der Waals surface area contributed by atoms with Crippen LogP contribution in [-0.2, 0) is 14.6 Å². The van der Waals surface area contributed by atoms with Crippen LogP contribution in [0.2, 0.25) is 0 Å². The van der Waals surface area contributed by atoms with Crippen molar-refractivity contribution in [2.45, 2.75) is 17.7 Å². The van der Waals surface area contributed by atoms with Crippen molar-refractivity contribution >= 4 is 33.0 Å². The topological polar surface area (TPSA) is 83.6 Å². The van der Waals surface area contributed by atoms with Crippen molar-refractivity contribution in [3.05, 3.63) is 54.1 Å². The van der Waals surface area contributed by atoms with E-state index in [2.05, 4.69) is 5.32 Å². The highest BCUT2D eigenvalue weighted by Crippen LogP contribution is 2.24.